The van der Waals surface area contributed by atoms with E-state index in [1.165, 1.54) is 18.2 Å². The smallest absolute Gasteiger partial charge is 0.237 e. The second kappa shape index (κ2) is 6.49. The number of aryl methyl sites for hydroxylation is 1. The molecule has 110 valence electrons. The second-order valence-corrected chi connectivity index (χ2v) is 6.04. The van der Waals surface area contributed by atoms with Crippen molar-refractivity contribution < 1.29 is 13.4 Å². The number of nitrogen functional groups attached to an aromatic ring is 1. The van der Waals surface area contributed by atoms with E-state index in [1.54, 1.807) is 12.1 Å². The van der Waals surface area contributed by atoms with Crippen LogP contribution in [0.25, 0.3) is 0 Å². The highest BCUT2D eigenvalue weighted by molar-refractivity contribution is 7.85. The lowest BCUT2D eigenvalue weighted by molar-refractivity contribution is -0.113. The lowest BCUT2D eigenvalue weighted by atomic mass is 10.2. The fourth-order valence-corrected chi connectivity index (χ4v) is 2.74. The quantitative estimate of drug-likeness (QED) is 0.852. The first-order chi connectivity index (χ1) is 9.95. The van der Waals surface area contributed by atoms with Gasteiger partial charge < -0.3 is 11.1 Å². The van der Waals surface area contributed by atoms with Gasteiger partial charge in [0.15, 0.2) is 0 Å². The van der Waals surface area contributed by atoms with Crippen LogP contribution >= 0.6 is 0 Å². The number of halogens is 1. The molecule has 0 aliphatic rings. The number of hydrogen-bond donors (Lipinski definition) is 2. The topological polar surface area (TPSA) is 72.2 Å². The molecule has 0 aromatic heterocycles. The van der Waals surface area contributed by atoms with Gasteiger partial charge in [0.25, 0.3) is 0 Å². The molecule has 0 aliphatic carbocycles. The lowest BCUT2D eigenvalue weighted by Gasteiger charge is -2.09. The second-order valence-electron chi connectivity index (χ2n) is 4.59. The monoisotopic (exact) mass is 306 g/mol. The number of benzene rings is 2. The van der Waals surface area contributed by atoms with Gasteiger partial charge in [-0.1, -0.05) is 12.1 Å². The maximum absolute atomic E-state index is 13.1. The molecule has 1 unspecified atom stereocenters. The number of nitrogens with one attached hydrogen (secondary N) is 1. The summed E-state index contributed by atoms with van der Waals surface area (Å²) in [6.07, 6.45) is 0. The average molecular weight is 306 g/mol. The molecule has 0 aliphatic heterocycles. The molecule has 21 heavy (non-hydrogen) atoms. The van der Waals surface area contributed by atoms with Crippen molar-refractivity contribution in [2.75, 3.05) is 16.8 Å². The van der Waals surface area contributed by atoms with Gasteiger partial charge in [0.05, 0.1) is 22.2 Å². The summed E-state index contributed by atoms with van der Waals surface area (Å²) in [7, 11) is -1.60. The molecule has 0 heterocycles. The predicted octanol–water partition coefficient (Wildman–Crippen LogP) is 2.46. The molecular weight excluding hydrogens is 291 g/mol. The molecule has 0 saturated heterocycles. The number of rotatable bonds is 4. The Kier molecular flexibility index (Phi) is 4.70. The van der Waals surface area contributed by atoms with Crippen molar-refractivity contribution >= 4 is 28.1 Å². The molecular formula is C15H15FN2O2S. The van der Waals surface area contributed by atoms with Gasteiger partial charge in [-0.2, -0.15) is 0 Å². The molecule has 0 saturated carbocycles. The van der Waals surface area contributed by atoms with Crippen molar-refractivity contribution in [1.82, 2.24) is 0 Å². The van der Waals surface area contributed by atoms with E-state index in [0.29, 0.717) is 11.4 Å². The Morgan fingerprint density at radius 3 is 2.71 bits per heavy atom. The van der Waals surface area contributed by atoms with Crippen LogP contribution in [0, 0.1) is 12.7 Å². The van der Waals surface area contributed by atoms with Crippen LogP contribution < -0.4 is 11.1 Å². The van der Waals surface area contributed by atoms with Crippen LogP contribution in [-0.4, -0.2) is 15.9 Å². The summed E-state index contributed by atoms with van der Waals surface area (Å²) in [5, 5.41) is 2.60. The third kappa shape index (κ3) is 4.13. The van der Waals surface area contributed by atoms with Gasteiger partial charge >= 0.3 is 0 Å². The lowest BCUT2D eigenvalue weighted by Crippen LogP contribution is -2.20. The normalized spacial score (nSPS) is 11.9. The minimum Gasteiger partial charge on any atom is -0.397 e. The highest BCUT2D eigenvalue weighted by Gasteiger charge is 2.12. The molecule has 2 rings (SSSR count). The Morgan fingerprint density at radius 2 is 2.05 bits per heavy atom. The van der Waals surface area contributed by atoms with Gasteiger partial charge in [0.1, 0.15) is 11.6 Å². The minimum atomic E-state index is -1.60. The molecule has 1 amide bonds. The Labute approximate surface area is 124 Å². The summed E-state index contributed by atoms with van der Waals surface area (Å²) in [4.78, 5) is 12.1. The van der Waals surface area contributed by atoms with Gasteiger partial charge in [-0.25, -0.2) is 4.39 Å². The number of carbonyl (C=O) groups is 1. The molecule has 2 aromatic carbocycles. The van der Waals surface area contributed by atoms with Crippen molar-refractivity contribution in [3.05, 3.63) is 53.8 Å². The average Bonchev–Trinajstić information content (AvgIpc) is 2.42. The van der Waals surface area contributed by atoms with Crippen LogP contribution in [-0.2, 0) is 15.6 Å². The zero-order chi connectivity index (χ0) is 15.4. The largest absolute Gasteiger partial charge is 0.397 e. The highest BCUT2D eigenvalue weighted by atomic mass is 32.2. The first-order valence-electron chi connectivity index (χ1n) is 6.25. The van der Waals surface area contributed by atoms with E-state index < -0.39 is 22.5 Å². The molecule has 4 nitrogen and oxygen atoms in total. The van der Waals surface area contributed by atoms with Gasteiger partial charge in [-0.15, -0.1) is 0 Å². The van der Waals surface area contributed by atoms with Gasteiger partial charge in [0, 0.05) is 4.90 Å². The summed E-state index contributed by atoms with van der Waals surface area (Å²) in [5.41, 5.74) is 7.69. The molecule has 0 fully saturated rings. The summed E-state index contributed by atoms with van der Waals surface area (Å²) in [5.74, 6) is -1.17. The fraction of sp³-hybridized carbons (Fsp3) is 0.133. The van der Waals surface area contributed by atoms with Crippen molar-refractivity contribution in [2.24, 2.45) is 0 Å². The van der Waals surface area contributed by atoms with Crippen LogP contribution in [0.15, 0.2) is 47.4 Å². The molecule has 1 atom stereocenters. The molecule has 3 N–H and O–H groups in total. The Morgan fingerprint density at radius 1 is 1.29 bits per heavy atom. The van der Waals surface area contributed by atoms with Crippen molar-refractivity contribution in [1.29, 1.82) is 0 Å². The maximum atomic E-state index is 13.1. The van der Waals surface area contributed by atoms with Crippen LogP contribution in [0.2, 0.25) is 0 Å². The van der Waals surface area contributed by atoms with E-state index >= 15 is 0 Å². The first kappa shape index (κ1) is 15.2. The molecule has 6 heteroatoms. The summed E-state index contributed by atoms with van der Waals surface area (Å²) in [6, 6.07) is 10.6. The third-order valence-corrected chi connectivity index (χ3v) is 4.11. The minimum absolute atomic E-state index is 0.253. The predicted molar refractivity (Wildman–Crippen MR) is 81.9 cm³/mol. The van der Waals surface area contributed by atoms with E-state index in [2.05, 4.69) is 5.32 Å². The van der Waals surface area contributed by atoms with Gasteiger partial charge in [-0.3, -0.25) is 9.00 Å². The SMILES string of the molecule is Cc1ccc(NC(=O)CS(=O)c2cccc(F)c2)c(N)c1. The maximum Gasteiger partial charge on any atom is 0.237 e. The number of hydrogen-bond acceptors (Lipinski definition) is 3. The van der Waals surface area contributed by atoms with E-state index in [0.717, 1.165) is 11.6 Å². The van der Waals surface area contributed by atoms with Crippen LogP contribution in [0.5, 0.6) is 0 Å². The van der Waals surface area contributed by atoms with E-state index in [1.807, 2.05) is 13.0 Å². The summed E-state index contributed by atoms with van der Waals surface area (Å²) in [6.45, 7) is 1.89. The number of carbonyl (C=O) groups excluding carboxylic acids is 1. The van der Waals surface area contributed by atoms with Crippen LogP contribution in [0.1, 0.15) is 5.56 Å². The Bertz CT molecular complexity index is 704. The molecule has 0 bridgehead atoms. The standard InChI is InChI=1S/C15H15FN2O2S/c1-10-5-6-14(13(17)7-10)18-15(19)9-21(20)12-4-2-3-11(16)8-12/h2-8H,9,17H2,1H3,(H,18,19). The van der Waals surface area contributed by atoms with Crippen molar-refractivity contribution in [3.8, 4) is 0 Å². The van der Waals surface area contributed by atoms with Crippen LogP contribution in [0.4, 0.5) is 15.8 Å². The number of anilines is 2. The Balaban J connectivity index is 2.03. The van der Waals surface area contributed by atoms with E-state index in [9.17, 15) is 13.4 Å². The van der Waals surface area contributed by atoms with Crippen molar-refractivity contribution in [3.63, 3.8) is 0 Å². The zero-order valence-electron chi connectivity index (χ0n) is 11.4. The van der Waals surface area contributed by atoms with Crippen LogP contribution in [0.3, 0.4) is 0 Å². The van der Waals surface area contributed by atoms with Gasteiger partial charge in [0.2, 0.25) is 5.91 Å². The van der Waals surface area contributed by atoms with E-state index in [-0.39, 0.29) is 10.6 Å². The third-order valence-electron chi connectivity index (χ3n) is 2.80. The first-order valence-corrected chi connectivity index (χ1v) is 7.57. The summed E-state index contributed by atoms with van der Waals surface area (Å²) < 4.78 is 25.0. The number of amides is 1. The van der Waals surface area contributed by atoms with Crippen molar-refractivity contribution in [2.45, 2.75) is 11.8 Å². The van der Waals surface area contributed by atoms with E-state index in [4.69, 9.17) is 5.73 Å². The fourth-order valence-electron chi connectivity index (χ4n) is 1.79. The highest BCUT2D eigenvalue weighted by Crippen LogP contribution is 2.19. The summed E-state index contributed by atoms with van der Waals surface area (Å²) >= 11 is 0. The van der Waals surface area contributed by atoms with Gasteiger partial charge in [-0.05, 0) is 42.8 Å². The molecule has 0 spiro atoms. The zero-order valence-corrected chi connectivity index (χ0v) is 12.2. The molecule has 2 aromatic rings. The number of nitrogens with two attached hydrogens (primary N) is 1. The Hall–Kier alpha value is -2.21. The molecule has 0 radical (unpaired) electrons.